The lowest BCUT2D eigenvalue weighted by atomic mass is 10.2. The Kier molecular flexibility index (Phi) is 3.25. The Morgan fingerprint density at radius 2 is 2.16 bits per heavy atom. The molecule has 5 heteroatoms. The summed E-state index contributed by atoms with van der Waals surface area (Å²) in [6.45, 7) is 5.18. The number of carbonyl (C=O) groups is 1. The lowest BCUT2D eigenvalue weighted by Gasteiger charge is -2.37. The van der Waals surface area contributed by atoms with Crippen LogP contribution in [0.4, 0.5) is 5.69 Å². The number of aromatic nitrogens is 1. The molecule has 1 saturated heterocycles. The summed E-state index contributed by atoms with van der Waals surface area (Å²) in [6, 6.07) is 2.61. The molecule has 0 spiro atoms. The van der Waals surface area contributed by atoms with Gasteiger partial charge in [0.1, 0.15) is 5.69 Å². The number of thioether (sulfide) groups is 1. The molecule has 1 amide bonds. The fourth-order valence-corrected chi connectivity index (χ4v) is 3.79. The van der Waals surface area contributed by atoms with Gasteiger partial charge in [0.15, 0.2) is 0 Å². The van der Waals surface area contributed by atoms with E-state index in [0.29, 0.717) is 17.0 Å². The first kappa shape index (κ1) is 12.9. The minimum Gasteiger partial charge on any atom is -0.397 e. The molecular weight excluding hydrogens is 258 g/mol. The van der Waals surface area contributed by atoms with Crippen molar-refractivity contribution in [3.63, 3.8) is 0 Å². The van der Waals surface area contributed by atoms with E-state index in [1.54, 1.807) is 0 Å². The number of carbonyl (C=O) groups excluding carboxylic acids is 1. The van der Waals surface area contributed by atoms with E-state index in [1.165, 1.54) is 0 Å². The minimum absolute atomic E-state index is 0.142. The minimum atomic E-state index is 0.142. The van der Waals surface area contributed by atoms with Crippen LogP contribution in [0.25, 0.3) is 0 Å². The Bertz CT molecular complexity index is 495. The van der Waals surface area contributed by atoms with Gasteiger partial charge in [-0.15, -0.1) is 0 Å². The summed E-state index contributed by atoms with van der Waals surface area (Å²) in [7, 11) is 0. The second kappa shape index (κ2) is 4.78. The number of nitrogens with two attached hydrogens (primary N) is 1. The monoisotopic (exact) mass is 279 g/mol. The molecule has 1 aliphatic carbocycles. The van der Waals surface area contributed by atoms with Crippen LogP contribution in [0, 0.1) is 0 Å². The molecule has 1 aliphatic heterocycles. The van der Waals surface area contributed by atoms with Crippen LogP contribution in [0.2, 0.25) is 0 Å². The van der Waals surface area contributed by atoms with E-state index < -0.39 is 0 Å². The number of nitrogens with zero attached hydrogens (tertiary/aromatic N) is 2. The number of nitrogen functional groups attached to an aromatic ring is 1. The highest BCUT2D eigenvalue weighted by atomic mass is 32.2. The lowest BCUT2D eigenvalue weighted by Crippen LogP contribution is -2.48. The maximum atomic E-state index is 12.8. The topological polar surface area (TPSA) is 51.3 Å². The van der Waals surface area contributed by atoms with Crippen molar-refractivity contribution in [1.29, 1.82) is 0 Å². The first-order chi connectivity index (χ1) is 9.08. The number of rotatable bonds is 2. The Balaban J connectivity index is 1.87. The first-order valence-electron chi connectivity index (χ1n) is 6.98. The first-order valence-corrected chi connectivity index (χ1v) is 8.02. The third-order valence-electron chi connectivity index (χ3n) is 4.17. The molecule has 0 aromatic carbocycles. The number of amides is 1. The van der Waals surface area contributed by atoms with Crippen LogP contribution in [0.15, 0.2) is 12.3 Å². The van der Waals surface area contributed by atoms with E-state index in [4.69, 9.17) is 5.73 Å². The highest BCUT2D eigenvalue weighted by Crippen LogP contribution is 2.38. The van der Waals surface area contributed by atoms with E-state index in [2.05, 4.69) is 18.4 Å². The summed E-state index contributed by atoms with van der Waals surface area (Å²) >= 11 is 1.95. The van der Waals surface area contributed by atoms with Gasteiger partial charge in [-0.05, 0) is 25.8 Å². The zero-order valence-electron chi connectivity index (χ0n) is 11.5. The van der Waals surface area contributed by atoms with Gasteiger partial charge in [0, 0.05) is 35.8 Å². The molecule has 4 nitrogen and oxygen atoms in total. The van der Waals surface area contributed by atoms with E-state index in [1.807, 2.05) is 28.9 Å². The zero-order valence-corrected chi connectivity index (χ0v) is 12.3. The Morgan fingerprint density at radius 1 is 1.42 bits per heavy atom. The Morgan fingerprint density at radius 3 is 2.84 bits per heavy atom. The molecule has 1 saturated carbocycles. The van der Waals surface area contributed by atoms with Crippen molar-refractivity contribution in [3.05, 3.63) is 18.0 Å². The van der Waals surface area contributed by atoms with E-state index in [0.717, 1.165) is 30.8 Å². The van der Waals surface area contributed by atoms with Gasteiger partial charge in [0.2, 0.25) is 0 Å². The largest absolute Gasteiger partial charge is 0.397 e. The predicted octanol–water partition coefficient (Wildman–Crippen LogP) is 2.37. The molecule has 0 bridgehead atoms. The molecule has 3 rings (SSSR count). The molecular formula is C14H21N3OS. The van der Waals surface area contributed by atoms with Gasteiger partial charge in [-0.1, -0.05) is 6.92 Å². The van der Waals surface area contributed by atoms with Gasteiger partial charge >= 0.3 is 0 Å². The molecule has 19 heavy (non-hydrogen) atoms. The van der Waals surface area contributed by atoms with Crippen molar-refractivity contribution in [1.82, 2.24) is 9.47 Å². The molecule has 2 fully saturated rings. The van der Waals surface area contributed by atoms with Crippen LogP contribution in [0.3, 0.4) is 0 Å². The third-order valence-corrected chi connectivity index (χ3v) is 5.51. The highest BCUT2D eigenvalue weighted by Gasteiger charge is 2.33. The molecule has 2 atom stereocenters. The fraction of sp³-hybridized carbons (Fsp3) is 0.643. The molecule has 2 aliphatic rings. The summed E-state index contributed by atoms with van der Waals surface area (Å²) in [4.78, 5) is 14.8. The van der Waals surface area contributed by atoms with E-state index in [9.17, 15) is 4.79 Å². The summed E-state index contributed by atoms with van der Waals surface area (Å²) < 4.78 is 2.08. The SMILES string of the molecule is CC1SCCN(C(=O)c2cc(N)cn2C2CC2)C1C. The van der Waals surface area contributed by atoms with Gasteiger partial charge in [0.05, 0.1) is 5.69 Å². The summed E-state index contributed by atoms with van der Waals surface area (Å²) in [5, 5.41) is 0.499. The Hall–Kier alpha value is -1.10. The predicted molar refractivity (Wildman–Crippen MR) is 79.5 cm³/mol. The third kappa shape index (κ3) is 2.36. The zero-order chi connectivity index (χ0) is 13.6. The molecule has 0 radical (unpaired) electrons. The standard InChI is InChI=1S/C14H21N3OS/c1-9-10(2)19-6-5-16(9)14(18)13-7-11(15)8-17(13)12-3-4-12/h7-10,12H,3-6,15H2,1-2H3. The molecule has 1 aromatic rings. The quantitative estimate of drug-likeness (QED) is 0.904. The van der Waals surface area contributed by atoms with Crippen LogP contribution in [0.5, 0.6) is 0 Å². The maximum absolute atomic E-state index is 12.8. The van der Waals surface area contributed by atoms with E-state index >= 15 is 0 Å². The van der Waals surface area contributed by atoms with Crippen molar-refractivity contribution in [3.8, 4) is 0 Å². The average Bonchev–Trinajstić information content (AvgIpc) is 3.15. The normalized spacial score (nSPS) is 27.6. The van der Waals surface area contributed by atoms with Gasteiger partial charge in [-0.25, -0.2) is 0 Å². The number of hydrogen-bond acceptors (Lipinski definition) is 3. The average molecular weight is 279 g/mol. The van der Waals surface area contributed by atoms with Crippen molar-refractivity contribution in [2.24, 2.45) is 0 Å². The Labute approximate surface area is 118 Å². The summed E-state index contributed by atoms with van der Waals surface area (Å²) in [5.74, 6) is 1.17. The van der Waals surface area contributed by atoms with Crippen molar-refractivity contribution in [2.75, 3.05) is 18.0 Å². The lowest BCUT2D eigenvalue weighted by molar-refractivity contribution is 0.0687. The molecule has 2 unspecified atom stereocenters. The second-order valence-corrected chi connectivity index (χ2v) is 7.10. The molecule has 2 N–H and O–H groups in total. The van der Waals surface area contributed by atoms with Gasteiger partial charge < -0.3 is 15.2 Å². The van der Waals surface area contributed by atoms with Gasteiger partial charge in [-0.2, -0.15) is 11.8 Å². The van der Waals surface area contributed by atoms with E-state index in [-0.39, 0.29) is 11.9 Å². The molecule has 2 heterocycles. The summed E-state index contributed by atoms with van der Waals surface area (Å²) in [6.07, 6.45) is 4.24. The number of anilines is 1. The van der Waals surface area contributed by atoms with Crippen LogP contribution >= 0.6 is 11.8 Å². The smallest absolute Gasteiger partial charge is 0.270 e. The van der Waals surface area contributed by atoms with Gasteiger partial charge in [0.25, 0.3) is 5.91 Å². The van der Waals surface area contributed by atoms with Crippen molar-refractivity contribution in [2.45, 2.75) is 44.0 Å². The molecule has 104 valence electrons. The second-order valence-electron chi connectivity index (χ2n) is 5.61. The summed E-state index contributed by atoms with van der Waals surface area (Å²) in [5.41, 5.74) is 7.34. The number of hydrogen-bond donors (Lipinski definition) is 1. The van der Waals surface area contributed by atoms with Crippen molar-refractivity contribution >= 4 is 23.4 Å². The fourth-order valence-electron chi connectivity index (χ4n) is 2.69. The molecule has 1 aromatic heterocycles. The van der Waals surface area contributed by atoms with Crippen molar-refractivity contribution < 1.29 is 4.79 Å². The maximum Gasteiger partial charge on any atom is 0.270 e. The van der Waals surface area contributed by atoms with Gasteiger partial charge in [-0.3, -0.25) is 4.79 Å². The van der Waals surface area contributed by atoms with Crippen LogP contribution < -0.4 is 5.73 Å². The van der Waals surface area contributed by atoms with Crippen LogP contribution in [0.1, 0.15) is 43.2 Å². The van der Waals surface area contributed by atoms with Crippen LogP contribution in [-0.2, 0) is 0 Å². The van der Waals surface area contributed by atoms with Crippen LogP contribution in [-0.4, -0.2) is 39.0 Å². The highest BCUT2D eigenvalue weighted by molar-refractivity contribution is 8.00.